The van der Waals surface area contributed by atoms with Crippen LogP contribution in [0.4, 0.5) is 0 Å². The molecule has 1 aromatic rings. The fourth-order valence-corrected chi connectivity index (χ4v) is 3.40. The van der Waals surface area contributed by atoms with Crippen molar-refractivity contribution in [2.45, 2.75) is 31.7 Å². The van der Waals surface area contributed by atoms with E-state index in [2.05, 4.69) is 17.1 Å². The molecule has 2 aliphatic heterocycles. The number of phenols is 2. The zero-order chi connectivity index (χ0) is 18.5. The number of unbranched alkanes of at least 4 members (excludes halogenated alkanes) is 1. The smallest absolute Gasteiger partial charge is 0.203 e. The average Bonchev–Trinajstić information content (AvgIpc) is 2.64. The Morgan fingerprint density at radius 1 is 1.42 bits per heavy atom. The lowest BCUT2D eigenvalue weighted by atomic mass is 9.96. The van der Waals surface area contributed by atoms with Crippen molar-refractivity contribution in [2.24, 2.45) is 0 Å². The van der Waals surface area contributed by atoms with E-state index in [-0.39, 0.29) is 23.0 Å². The molecule has 0 amide bonds. The van der Waals surface area contributed by atoms with Gasteiger partial charge in [-0.2, -0.15) is 0 Å². The molecule has 2 unspecified atom stereocenters. The quantitative estimate of drug-likeness (QED) is 0.503. The molecule has 0 spiro atoms. The molecule has 0 bridgehead atoms. The first-order chi connectivity index (χ1) is 12.6. The number of allylic oxidation sites excluding steroid dienone is 1. The predicted molar refractivity (Wildman–Crippen MR) is 97.0 cm³/mol. The normalized spacial score (nSPS) is 22.5. The first-order valence-corrected chi connectivity index (χ1v) is 9.06. The number of benzene rings is 1. The number of nitrogens with zero attached hydrogens (tertiary/aromatic N) is 1. The van der Waals surface area contributed by atoms with Gasteiger partial charge >= 0.3 is 0 Å². The van der Waals surface area contributed by atoms with Crippen LogP contribution in [0, 0.1) is 0 Å². The second-order valence-corrected chi connectivity index (χ2v) is 6.74. The van der Waals surface area contributed by atoms with Crippen LogP contribution in [0.25, 0.3) is 0 Å². The summed E-state index contributed by atoms with van der Waals surface area (Å²) in [4.78, 5) is 13.7. The van der Waals surface area contributed by atoms with Crippen LogP contribution in [-0.4, -0.2) is 60.2 Å². The minimum absolute atomic E-state index is 0.00467. The van der Waals surface area contributed by atoms with Gasteiger partial charge in [-0.15, -0.1) is 0 Å². The molecule has 1 aromatic carbocycles. The Morgan fingerprint density at radius 2 is 2.27 bits per heavy atom. The van der Waals surface area contributed by atoms with Gasteiger partial charge in [-0.1, -0.05) is 0 Å². The number of carbonyl (C=O) groups excluding carboxylic acids is 1. The van der Waals surface area contributed by atoms with Crippen molar-refractivity contribution < 1.29 is 24.5 Å². The largest absolute Gasteiger partial charge is 0.504 e. The first-order valence-electron chi connectivity index (χ1n) is 9.06. The molecule has 0 aliphatic carbocycles. The van der Waals surface area contributed by atoms with Gasteiger partial charge in [0, 0.05) is 31.7 Å². The Hall–Kier alpha value is -2.25. The summed E-state index contributed by atoms with van der Waals surface area (Å²) in [5.41, 5.74) is 0.324. The molecule has 0 aromatic heterocycles. The maximum Gasteiger partial charge on any atom is 0.203 e. The number of fused-ring (bicyclic) bond motifs is 1. The number of hydrogen-bond acceptors (Lipinski definition) is 7. The molecule has 3 N–H and O–H groups in total. The third-order valence-electron chi connectivity index (χ3n) is 4.92. The summed E-state index contributed by atoms with van der Waals surface area (Å²) in [6, 6.07) is 1.90. The molecule has 2 aliphatic rings. The number of nitrogens with one attached hydrogen (secondary N) is 1. The molecule has 142 valence electrons. The molecule has 26 heavy (non-hydrogen) atoms. The summed E-state index contributed by atoms with van der Waals surface area (Å²) in [5, 5.41) is 23.9. The number of aldehydes is 1. The van der Waals surface area contributed by atoms with E-state index >= 15 is 0 Å². The molecule has 7 heteroatoms. The maximum absolute atomic E-state index is 11.2. The van der Waals surface area contributed by atoms with E-state index in [4.69, 9.17) is 9.47 Å². The third-order valence-corrected chi connectivity index (χ3v) is 4.92. The first kappa shape index (κ1) is 18.5. The topological polar surface area (TPSA) is 91.3 Å². The fourth-order valence-electron chi connectivity index (χ4n) is 3.40. The van der Waals surface area contributed by atoms with Crippen molar-refractivity contribution in [2.75, 3.05) is 32.8 Å². The summed E-state index contributed by atoms with van der Waals surface area (Å²) in [6.45, 7) is 6.68. The summed E-state index contributed by atoms with van der Waals surface area (Å²) in [6.07, 6.45) is 5.41. The molecule has 2 atom stereocenters. The Morgan fingerprint density at radius 3 is 3.04 bits per heavy atom. The van der Waals surface area contributed by atoms with Crippen molar-refractivity contribution in [3.05, 3.63) is 24.0 Å². The Labute approximate surface area is 153 Å². The second kappa shape index (κ2) is 8.42. The fraction of sp³-hybridized carbons (Fsp3) is 0.526. The van der Waals surface area contributed by atoms with E-state index in [0.29, 0.717) is 24.5 Å². The summed E-state index contributed by atoms with van der Waals surface area (Å²) >= 11 is 0. The monoisotopic (exact) mass is 362 g/mol. The van der Waals surface area contributed by atoms with Crippen LogP contribution in [0.2, 0.25) is 0 Å². The van der Waals surface area contributed by atoms with Gasteiger partial charge in [0.1, 0.15) is 12.0 Å². The zero-order valence-electron chi connectivity index (χ0n) is 15.0. The molecule has 1 fully saturated rings. The summed E-state index contributed by atoms with van der Waals surface area (Å²) in [7, 11) is 0. The van der Waals surface area contributed by atoms with E-state index in [9.17, 15) is 15.0 Å². The van der Waals surface area contributed by atoms with Crippen molar-refractivity contribution >= 4 is 6.29 Å². The van der Waals surface area contributed by atoms with Gasteiger partial charge in [0.25, 0.3) is 0 Å². The number of aromatic hydroxyl groups is 2. The van der Waals surface area contributed by atoms with Crippen LogP contribution >= 0.6 is 0 Å². The van der Waals surface area contributed by atoms with Crippen molar-refractivity contribution in [1.29, 1.82) is 0 Å². The van der Waals surface area contributed by atoms with Gasteiger partial charge < -0.3 is 29.8 Å². The number of hydrogen-bond donors (Lipinski definition) is 3. The highest BCUT2D eigenvalue weighted by Gasteiger charge is 2.27. The highest BCUT2D eigenvalue weighted by Crippen LogP contribution is 2.48. The van der Waals surface area contributed by atoms with Crippen LogP contribution in [0.1, 0.15) is 31.2 Å². The molecule has 1 saturated heterocycles. The third kappa shape index (κ3) is 3.94. The van der Waals surface area contributed by atoms with E-state index in [1.165, 1.54) is 12.3 Å². The maximum atomic E-state index is 11.2. The Balaban J connectivity index is 1.56. The van der Waals surface area contributed by atoms with Crippen LogP contribution in [0.15, 0.2) is 18.4 Å². The number of ether oxygens (including phenoxy) is 2. The SMILES string of the molecule is CC1CNCCN1CCCCOc1c(O)cc2c(c1O)C(C=O)C=CO2. The van der Waals surface area contributed by atoms with E-state index in [0.717, 1.165) is 39.0 Å². The average molecular weight is 362 g/mol. The number of carbonyl (C=O) groups is 1. The lowest BCUT2D eigenvalue weighted by Crippen LogP contribution is -2.49. The van der Waals surface area contributed by atoms with Gasteiger partial charge in [0.15, 0.2) is 11.5 Å². The molecule has 7 nitrogen and oxygen atoms in total. The molecule has 3 rings (SSSR count). The Kier molecular flexibility index (Phi) is 6.00. The minimum atomic E-state index is -0.615. The van der Waals surface area contributed by atoms with Crippen LogP contribution < -0.4 is 14.8 Å². The number of rotatable bonds is 7. The van der Waals surface area contributed by atoms with Crippen molar-refractivity contribution in [1.82, 2.24) is 10.2 Å². The van der Waals surface area contributed by atoms with Gasteiger partial charge in [0.2, 0.25) is 5.75 Å². The number of phenolic OH excluding ortho intramolecular Hbond substituents is 2. The van der Waals surface area contributed by atoms with E-state index in [1.807, 2.05) is 0 Å². The minimum Gasteiger partial charge on any atom is -0.504 e. The zero-order valence-corrected chi connectivity index (χ0v) is 15.0. The van der Waals surface area contributed by atoms with E-state index in [1.54, 1.807) is 6.08 Å². The van der Waals surface area contributed by atoms with E-state index < -0.39 is 5.92 Å². The lowest BCUT2D eigenvalue weighted by Gasteiger charge is -2.33. The summed E-state index contributed by atoms with van der Waals surface area (Å²) in [5.74, 6) is -0.783. The van der Waals surface area contributed by atoms with Crippen LogP contribution in [0.5, 0.6) is 23.0 Å². The standard InChI is InChI=1S/C19H26N2O5/c1-13-11-20-5-7-21(13)6-2-3-8-26-19-15(23)10-16-17(18(19)24)14(12-22)4-9-25-16/h4,9-10,12-14,20,23-24H,2-3,5-8,11H2,1H3. The van der Waals surface area contributed by atoms with Crippen LogP contribution in [-0.2, 0) is 4.79 Å². The summed E-state index contributed by atoms with van der Waals surface area (Å²) < 4.78 is 10.9. The highest BCUT2D eigenvalue weighted by atomic mass is 16.5. The van der Waals surface area contributed by atoms with Gasteiger partial charge in [-0.05, 0) is 32.4 Å². The highest BCUT2D eigenvalue weighted by molar-refractivity contribution is 5.74. The van der Waals surface area contributed by atoms with Gasteiger partial charge in [-0.25, -0.2) is 0 Å². The molecular weight excluding hydrogens is 336 g/mol. The molecule has 0 radical (unpaired) electrons. The van der Waals surface area contributed by atoms with Crippen molar-refractivity contribution in [3.8, 4) is 23.0 Å². The molecular formula is C19H26N2O5. The lowest BCUT2D eigenvalue weighted by molar-refractivity contribution is -0.108. The second-order valence-electron chi connectivity index (χ2n) is 6.74. The number of piperazine rings is 1. The van der Waals surface area contributed by atoms with Crippen molar-refractivity contribution in [3.63, 3.8) is 0 Å². The Bertz CT molecular complexity index is 676. The predicted octanol–water partition coefficient (Wildman–Crippen LogP) is 1.74. The van der Waals surface area contributed by atoms with Gasteiger partial charge in [0.05, 0.1) is 24.4 Å². The van der Waals surface area contributed by atoms with Crippen LogP contribution in [0.3, 0.4) is 0 Å². The molecule has 2 heterocycles. The van der Waals surface area contributed by atoms with Gasteiger partial charge in [-0.3, -0.25) is 4.90 Å². The molecule has 0 saturated carbocycles.